The molecule has 26 heavy (non-hydrogen) atoms. The molecule has 1 unspecified atom stereocenters. The van der Waals surface area contributed by atoms with Crippen molar-refractivity contribution in [3.05, 3.63) is 42.4 Å². The molecule has 0 bridgehead atoms. The number of nitrogens with zero attached hydrogens (tertiary/aromatic N) is 3. The van der Waals surface area contributed by atoms with Crippen molar-refractivity contribution in [1.82, 2.24) is 20.2 Å². The molecule has 3 rings (SSSR count). The van der Waals surface area contributed by atoms with Crippen LogP contribution in [0.1, 0.15) is 19.2 Å². The normalized spacial score (nSPS) is 17.2. The number of benzene rings is 1. The van der Waals surface area contributed by atoms with Crippen molar-refractivity contribution >= 4 is 29.9 Å². The van der Waals surface area contributed by atoms with Gasteiger partial charge >= 0.3 is 0 Å². The molecule has 1 aliphatic rings. The number of halogens is 1. The quantitative estimate of drug-likeness (QED) is 0.388. The highest BCUT2D eigenvalue weighted by Crippen LogP contribution is 2.18. The highest BCUT2D eigenvalue weighted by molar-refractivity contribution is 14.0. The number of nitrogens with one attached hydrogen (secondary N) is 2. The van der Waals surface area contributed by atoms with E-state index in [0.717, 1.165) is 55.7 Å². The van der Waals surface area contributed by atoms with Gasteiger partial charge in [-0.1, -0.05) is 30.3 Å². The van der Waals surface area contributed by atoms with E-state index in [4.69, 9.17) is 9.73 Å². The fourth-order valence-electron chi connectivity index (χ4n) is 3.18. The summed E-state index contributed by atoms with van der Waals surface area (Å²) in [7, 11) is 1.77. The van der Waals surface area contributed by atoms with E-state index in [2.05, 4.69) is 39.2 Å². The second-order valence-electron chi connectivity index (χ2n) is 6.34. The van der Waals surface area contributed by atoms with E-state index in [9.17, 15) is 0 Å². The number of hydrogen-bond acceptors (Lipinski definition) is 3. The van der Waals surface area contributed by atoms with Gasteiger partial charge in [0.05, 0.1) is 18.5 Å². The Morgan fingerprint density at radius 2 is 2.19 bits per heavy atom. The van der Waals surface area contributed by atoms with E-state index in [0.29, 0.717) is 12.5 Å². The summed E-state index contributed by atoms with van der Waals surface area (Å²) in [5.74, 6) is 2.42. The van der Waals surface area contributed by atoms with Crippen molar-refractivity contribution in [2.24, 2.45) is 10.9 Å². The average Bonchev–Trinajstić information content (AvgIpc) is 3.29. The topological polar surface area (TPSA) is 65.5 Å². The van der Waals surface area contributed by atoms with Gasteiger partial charge in [-0.15, -0.1) is 24.0 Å². The maximum absolute atomic E-state index is 5.29. The predicted octanol–water partition coefficient (Wildman–Crippen LogP) is 3.13. The van der Waals surface area contributed by atoms with Crippen LogP contribution >= 0.6 is 24.0 Å². The van der Waals surface area contributed by atoms with E-state index in [1.807, 2.05) is 24.4 Å². The number of aliphatic imine (C=N–C) groups is 1. The molecular formula is C19H28IN5O. The van der Waals surface area contributed by atoms with Crippen LogP contribution in [0.2, 0.25) is 0 Å². The third-order valence-corrected chi connectivity index (χ3v) is 4.41. The Kier molecular flexibility index (Phi) is 8.37. The first-order valence-corrected chi connectivity index (χ1v) is 8.91. The van der Waals surface area contributed by atoms with Gasteiger partial charge in [0.15, 0.2) is 5.96 Å². The molecule has 1 aromatic heterocycles. The minimum absolute atomic E-state index is 0. The molecular weight excluding hydrogens is 441 g/mol. The first-order chi connectivity index (χ1) is 12.3. The van der Waals surface area contributed by atoms with Gasteiger partial charge in [-0.25, -0.2) is 9.98 Å². The van der Waals surface area contributed by atoms with Gasteiger partial charge < -0.3 is 19.9 Å². The molecule has 1 atom stereocenters. The maximum atomic E-state index is 5.29. The standard InChI is InChI=1S/C19H27N5O.HI/c1-3-20-19(24-10-9-15(13-24)14-25-2)22-12-18-21-11-17(23-18)16-7-5-4-6-8-16;/h4-8,11,15H,3,9-10,12-14H2,1-2H3,(H,20,22)(H,21,23);1H. The van der Waals surface area contributed by atoms with E-state index < -0.39 is 0 Å². The minimum Gasteiger partial charge on any atom is -0.384 e. The zero-order valence-corrected chi connectivity index (χ0v) is 17.8. The number of methoxy groups -OCH3 is 1. The van der Waals surface area contributed by atoms with Crippen LogP contribution in [-0.2, 0) is 11.3 Å². The van der Waals surface area contributed by atoms with Crippen molar-refractivity contribution in [3.8, 4) is 11.3 Å². The van der Waals surface area contributed by atoms with E-state index in [-0.39, 0.29) is 24.0 Å². The lowest BCUT2D eigenvalue weighted by atomic mass is 10.1. The Bertz CT molecular complexity index is 688. The number of H-pyrrole nitrogens is 1. The monoisotopic (exact) mass is 469 g/mol. The third-order valence-electron chi connectivity index (χ3n) is 4.41. The van der Waals surface area contributed by atoms with Crippen molar-refractivity contribution in [2.45, 2.75) is 19.9 Å². The van der Waals surface area contributed by atoms with Gasteiger partial charge in [-0.2, -0.15) is 0 Å². The van der Waals surface area contributed by atoms with Crippen LogP contribution < -0.4 is 5.32 Å². The smallest absolute Gasteiger partial charge is 0.194 e. The number of guanidine groups is 1. The SMILES string of the molecule is CCNC(=NCc1ncc(-c2ccccc2)[nH]1)N1CCC(COC)C1.I. The van der Waals surface area contributed by atoms with Crippen LogP contribution in [0.5, 0.6) is 0 Å². The molecule has 2 N–H and O–H groups in total. The Morgan fingerprint density at radius 3 is 2.92 bits per heavy atom. The van der Waals surface area contributed by atoms with Crippen LogP contribution in [0.25, 0.3) is 11.3 Å². The van der Waals surface area contributed by atoms with Crippen LogP contribution in [0, 0.1) is 5.92 Å². The number of aromatic amines is 1. The molecule has 7 heteroatoms. The first-order valence-electron chi connectivity index (χ1n) is 8.91. The van der Waals surface area contributed by atoms with E-state index in [1.54, 1.807) is 7.11 Å². The summed E-state index contributed by atoms with van der Waals surface area (Å²) in [5, 5.41) is 3.39. The summed E-state index contributed by atoms with van der Waals surface area (Å²) >= 11 is 0. The van der Waals surface area contributed by atoms with Gasteiger partial charge in [-0.05, 0) is 18.9 Å². The number of hydrogen-bond donors (Lipinski definition) is 2. The molecule has 2 heterocycles. The summed E-state index contributed by atoms with van der Waals surface area (Å²) in [5.41, 5.74) is 2.16. The predicted molar refractivity (Wildman–Crippen MR) is 116 cm³/mol. The van der Waals surface area contributed by atoms with Gasteiger partial charge in [0.2, 0.25) is 0 Å². The molecule has 142 valence electrons. The molecule has 0 saturated carbocycles. The first kappa shape index (κ1) is 20.7. The zero-order chi connectivity index (χ0) is 17.5. The Balaban J connectivity index is 0.00000243. The number of ether oxygens (including phenoxy) is 1. The lowest BCUT2D eigenvalue weighted by Gasteiger charge is -2.21. The maximum Gasteiger partial charge on any atom is 0.194 e. The number of likely N-dealkylation sites (tertiary alicyclic amines) is 1. The lowest BCUT2D eigenvalue weighted by Crippen LogP contribution is -2.40. The molecule has 0 radical (unpaired) electrons. The van der Waals surface area contributed by atoms with E-state index in [1.165, 1.54) is 0 Å². The van der Waals surface area contributed by atoms with Gasteiger partial charge in [-0.3, -0.25) is 0 Å². The Labute approximate surface area is 172 Å². The van der Waals surface area contributed by atoms with Gasteiger partial charge in [0.25, 0.3) is 0 Å². The molecule has 2 aromatic rings. The molecule has 6 nitrogen and oxygen atoms in total. The molecule has 0 spiro atoms. The Morgan fingerprint density at radius 1 is 1.38 bits per heavy atom. The zero-order valence-electron chi connectivity index (χ0n) is 15.4. The third kappa shape index (κ3) is 5.44. The molecule has 1 saturated heterocycles. The van der Waals surface area contributed by atoms with Gasteiger partial charge in [0.1, 0.15) is 12.4 Å². The highest BCUT2D eigenvalue weighted by atomic mass is 127. The van der Waals surface area contributed by atoms with Gasteiger partial charge in [0, 0.05) is 32.7 Å². The summed E-state index contributed by atoms with van der Waals surface area (Å²) in [6.45, 7) is 6.33. The summed E-state index contributed by atoms with van der Waals surface area (Å²) in [6, 6.07) is 10.2. The largest absolute Gasteiger partial charge is 0.384 e. The van der Waals surface area contributed by atoms with Crippen LogP contribution in [0.3, 0.4) is 0 Å². The fraction of sp³-hybridized carbons (Fsp3) is 0.474. The molecule has 0 aliphatic carbocycles. The fourth-order valence-corrected chi connectivity index (χ4v) is 3.18. The highest BCUT2D eigenvalue weighted by Gasteiger charge is 2.24. The number of rotatable bonds is 6. The van der Waals surface area contributed by atoms with Crippen molar-refractivity contribution in [3.63, 3.8) is 0 Å². The second-order valence-corrected chi connectivity index (χ2v) is 6.34. The number of aromatic nitrogens is 2. The average molecular weight is 469 g/mol. The second kappa shape index (κ2) is 10.5. The van der Waals surface area contributed by atoms with Crippen molar-refractivity contribution < 1.29 is 4.74 Å². The van der Waals surface area contributed by atoms with Crippen molar-refractivity contribution in [1.29, 1.82) is 0 Å². The summed E-state index contributed by atoms with van der Waals surface area (Å²) in [6.07, 6.45) is 3.02. The molecule has 1 aliphatic heterocycles. The lowest BCUT2D eigenvalue weighted by molar-refractivity contribution is 0.157. The van der Waals surface area contributed by atoms with Crippen LogP contribution in [-0.4, -0.2) is 54.2 Å². The summed E-state index contributed by atoms with van der Waals surface area (Å²) < 4.78 is 5.29. The minimum atomic E-state index is 0. The number of imidazole rings is 1. The molecule has 1 fully saturated rings. The van der Waals surface area contributed by atoms with Crippen LogP contribution in [0.15, 0.2) is 41.5 Å². The van der Waals surface area contributed by atoms with Crippen LogP contribution in [0.4, 0.5) is 0 Å². The van der Waals surface area contributed by atoms with E-state index >= 15 is 0 Å². The molecule has 0 amide bonds. The Hall–Kier alpha value is -1.61. The molecule has 1 aromatic carbocycles. The van der Waals surface area contributed by atoms with Crippen molar-refractivity contribution in [2.75, 3.05) is 33.4 Å². The summed E-state index contributed by atoms with van der Waals surface area (Å²) in [4.78, 5) is 14.9.